The van der Waals surface area contributed by atoms with Crippen molar-refractivity contribution in [2.75, 3.05) is 13.2 Å². The van der Waals surface area contributed by atoms with Gasteiger partial charge in [0.1, 0.15) is 17.5 Å². The molecule has 0 aliphatic carbocycles. The van der Waals surface area contributed by atoms with Crippen molar-refractivity contribution in [2.45, 2.75) is 12.7 Å². The first kappa shape index (κ1) is 18.2. The number of hydrogen-bond donors (Lipinski definition) is 1. The van der Waals surface area contributed by atoms with Crippen molar-refractivity contribution in [2.24, 2.45) is 5.73 Å². The van der Waals surface area contributed by atoms with Crippen LogP contribution in [-0.4, -0.2) is 29.5 Å². The molecule has 22 heavy (non-hydrogen) atoms. The number of carbonyl (C=O) groups is 2. The molecule has 1 rings (SSSR count). The molecule has 0 atom stereocenters. The summed E-state index contributed by atoms with van der Waals surface area (Å²) in [6.45, 7) is 4.99. The van der Waals surface area contributed by atoms with Gasteiger partial charge in [0, 0.05) is 11.3 Å². The fourth-order valence-electron chi connectivity index (χ4n) is 1.37. The van der Waals surface area contributed by atoms with Crippen molar-refractivity contribution in [1.29, 1.82) is 0 Å². The van der Waals surface area contributed by atoms with Gasteiger partial charge in [-0.05, 0) is 24.6 Å². The fraction of sp³-hybridized carbons (Fsp3) is 0.267. The van der Waals surface area contributed by atoms with E-state index in [0.717, 1.165) is 5.56 Å². The summed E-state index contributed by atoms with van der Waals surface area (Å²) in [5.41, 5.74) is 7.14. The Morgan fingerprint density at radius 1 is 1.23 bits per heavy atom. The SMILES string of the molecule is C=C(C)C(=O)OCCOC(=O)c1ccc(CSC(N)=S)cc1. The Kier molecular flexibility index (Phi) is 7.62. The van der Waals surface area contributed by atoms with Gasteiger partial charge < -0.3 is 15.2 Å². The van der Waals surface area contributed by atoms with Gasteiger partial charge in [0.05, 0.1) is 5.56 Å². The first-order chi connectivity index (χ1) is 10.4. The van der Waals surface area contributed by atoms with Gasteiger partial charge in [0.2, 0.25) is 0 Å². The molecular weight excluding hydrogens is 322 g/mol. The van der Waals surface area contributed by atoms with Gasteiger partial charge in [0.25, 0.3) is 0 Å². The van der Waals surface area contributed by atoms with Crippen LogP contribution >= 0.6 is 24.0 Å². The number of thiocarbonyl (C=S) groups is 1. The Hall–Kier alpha value is -1.86. The first-order valence-electron chi connectivity index (χ1n) is 6.41. The molecule has 0 aliphatic rings. The number of benzene rings is 1. The molecule has 0 spiro atoms. The van der Waals surface area contributed by atoms with Gasteiger partial charge in [0.15, 0.2) is 0 Å². The van der Waals surface area contributed by atoms with Crippen LogP contribution in [0.25, 0.3) is 0 Å². The Labute approximate surface area is 138 Å². The minimum atomic E-state index is -0.504. The van der Waals surface area contributed by atoms with Crippen LogP contribution in [0.5, 0.6) is 0 Å². The average molecular weight is 339 g/mol. The molecule has 0 amide bonds. The second-order valence-electron chi connectivity index (χ2n) is 4.36. The lowest BCUT2D eigenvalue weighted by Crippen LogP contribution is -2.14. The van der Waals surface area contributed by atoms with Crippen molar-refractivity contribution in [3.63, 3.8) is 0 Å². The summed E-state index contributed by atoms with van der Waals surface area (Å²) < 4.78 is 10.2. The van der Waals surface area contributed by atoms with Crippen molar-refractivity contribution >= 4 is 40.2 Å². The van der Waals surface area contributed by atoms with Gasteiger partial charge in [-0.1, -0.05) is 42.7 Å². The van der Waals surface area contributed by atoms with E-state index in [1.165, 1.54) is 11.8 Å². The van der Waals surface area contributed by atoms with Crippen LogP contribution in [0.2, 0.25) is 0 Å². The third-order valence-corrected chi connectivity index (χ3v) is 3.58. The summed E-state index contributed by atoms with van der Waals surface area (Å²) >= 11 is 6.14. The zero-order valence-corrected chi connectivity index (χ0v) is 13.8. The highest BCUT2D eigenvalue weighted by Gasteiger charge is 2.08. The molecule has 0 heterocycles. The first-order valence-corrected chi connectivity index (χ1v) is 7.80. The largest absolute Gasteiger partial charge is 0.459 e. The maximum atomic E-state index is 11.8. The minimum Gasteiger partial charge on any atom is -0.459 e. The fourth-order valence-corrected chi connectivity index (χ4v) is 2.04. The summed E-state index contributed by atoms with van der Waals surface area (Å²) in [5.74, 6) is -0.322. The van der Waals surface area contributed by atoms with E-state index >= 15 is 0 Å². The zero-order chi connectivity index (χ0) is 16.5. The van der Waals surface area contributed by atoms with Crippen LogP contribution in [0.3, 0.4) is 0 Å². The van der Waals surface area contributed by atoms with E-state index in [0.29, 0.717) is 21.2 Å². The smallest absolute Gasteiger partial charge is 0.338 e. The van der Waals surface area contributed by atoms with Gasteiger partial charge in [-0.3, -0.25) is 0 Å². The predicted molar refractivity (Wildman–Crippen MR) is 90.6 cm³/mol. The van der Waals surface area contributed by atoms with E-state index in [9.17, 15) is 9.59 Å². The number of nitrogens with two attached hydrogens (primary N) is 1. The van der Waals surface area contributed by atoms with Crippen LogP contribution in [0.4, 0.5) is 0 Å². The number of hydrogen-bond acceptors (Lipinski definition) is 6. The van der Waals surface area contributed by atoms with Crippen LogP contribution in [0, 0.1) is 0 Å². The van der Waals surface area contributed by atoms with Gasteiger partial charge in [-0.2, -0.15) is 0 Å². The minimum absolute atomic E-state index is 0.000101. The van der Waals surface area contributed by atoms with Crippen LogP contribution in [-0.2, 0) is 20.0 Å². The van der Waals surface area contributed by atoms with Crippen molar-refractivity contribution in [3.8, 4) is 0 Å². The third kappa shape index (κ3) is 6.73. The maximum Gasteiger partial charge on any atom is 0.338 e. The maximum absolute atomic E-state index is 11.8. The number of esters is 2. The lowest BCUT2D eigenvalue weighted by molar-refractivity contribution is -0.140. The number of rotatable bonds is 7. The van der Waals surface area contributed by atoms with E-state index in [1.54, 1.807) is 19.1 Å². The Balaban J connectivity index is 2.38. The van der Waals surface area contributed by atoms with E-state index in [1.807, 2.05) is 12.1 Å². The van der Waals surface area contributed by atoms with Gasteiger partial charge in [-0.25, -0.2) is 9.59 Å². The standard InChI is InChI=1S/C15H17NO4S2/c1-10(2)13(17)19-7-8-20-14(18)12-5-3-11(4-6-12)9-22-15(16)21/h3-6H,1,7-9H2,2H3,(H2,16,21). The second-order valence-corrected chi connectivity index (χ2v) is 6.07. The molecule has 0 saturated heterocycles. The zero-order valence-electron chi connectivity index (χ0n) is 12.2. The molecule has 2 N–H and O–H groups in total. The number of ether oxygens (including phenoxy) is 2. The summed E-state index contributed by atoms with van der Waals surface area (Å²) in [7, 11) is 0. The van der Waals surface area contributed by atoms with Gasteiger partial charge in [-0.15, -0.1) is 0 Å². The normalized spacial score (nSPS) is 9.86. The van der Waals surface area contributed by atoms with Crippen molar-refractivity contribution in [1.82, 2.24) is 0 Å². The van der Waals surface area contributed by atoms with Crippen molar-refractivity contribution in [3.05, 3.63) is 47.5 Å². The molecule has 0 radical (unpaired) electrons. The summed E-state index contributed by atoms with van der Waals surface area (Å²) in [5, 5.41) is 0. The third-order valence-electron chi connectivity index (χ3n) is 2.47. The second kappa shape index (κ2) is 9.22. The number of thioether (sulfide) groups is 1. The number of carbonyl (C=O) groups excluding carboxylic acids is 2. The molecule has 7 heteroatoms. The molecule has 0 fully saturated rings. The molecular formula is C15H17NO4S2. The molecule has 0 aliphatic heterocycles. The molecule has 1 aromatic rings. The van der Waals surface area contributed by atoms with E-state index in [2.05, 4.69) is 6.58 Å². The summed E-state index contributed by atoms with van der Waals surface area (Å²) in [6, 6.07) is 6.95. The molecule has 0 bridgehead atoms. The highest BCUT2D eigenvalue weighted by atomic mass is 32.2. The molecule has 1 aromatic carbocycles. The van der Waals surface area contributed by atoms with Crippen LogP contribution < -0.4 is 5.73 Å². The van der Waals surface area contributed by atoms with Crippen LogP contribution in [0.1, 0.15) is 22.8 Å². The van der Waals surface area contributed by atoms with Gasteiger partial charge >= 0.3 is 11.9 Å². The molecule has 0 aromatic heterocycles. The van der Waals surface area contributed by atoms with E-state index in [-0.39, 0.29) is 13.2 Å². The quantitative estimate of drug-likeness (QED) is 0.354. The molecule has 0 unspecified atom stereocenters. The van der Waals surface area contributed by atoms with Crippen LogP contribution in [0.15, 0.2) is 36.4 Å². The lowest BCUT2D eigenvalue weighted by Gasteiger charge is -2.07. The predicted octanol–water partition coefficient (Wildman–Crippen LogP) is 2.44. The Morgan fingerprint density at radius 2 is 1.82 bits per heavy atom. The Bertz CT molecular complexity index is 569. The Morgan fingerprint density at radius 3 is 2.36 bits per heavy atom. The molecule has 118 valence electrons. The topological polar surface area (TPSA) is 78.6 Å². The highest BCUT2D eigenvalue weighted by Crippen LogP contribution is 2.13. The summed E-state index contributed by atoms with van der Waals surface area (Å²) in [4.78, 5) is 22.9. The highest BCUT2D eigenvalue weighted by molar-refractivity contribution is 8.22. The van der Waals surface area contributed by atoms with E-state index < -0.39 is 11.9 Å². The van der Waals surface area contributed by atoms with Crippen molar-refractivity contribution < 1.29 is 19.1 Å². The molecule has 5 nitrogen and oxygen atoms in total. The summed E-state index contributed by atoms with van der Waals surface area (Å²) in [6.07, 6.45) is 0. The molecule has 0 saturated carbocycles. The van der Waals surface area contributed by atoms with E-state index in [4.69, 9.17) is 27.4 Å². The lowest BCUT2D eigenvalue weighted by atomic mass is 10.1. The monoisotopic (exact) mass is 339 g/mol. The average Bonchev–Trinajstić information content (AvgIpc) is 2.49.